The number of anilines is 2. The molecule has 0 saturated carbocycles. The van der Waals surface area contributed by atoms with E-state index in [0.29, 0.717) is 5.69 Å². The zero-order valence-corrected chi connectivity index (χ0v) is 9.15. The molecular weight excluding hydrogens is 240 g/mol. The van der Waals surface area contributed by atoms with Crippen molar-refractivity contribution in [1.29, 1.82) is 0 Å². The van der Waals surface area contributed by atoms with Gasteiger partial charge in [-0.1, -0.05) is 6.07 Å². The van der Waals surface area contributed by atoms with E-state index in [1.165, 1.54) is 24.4 Å². The fourth-order valence-electron chi connectivity index (χ4n) is 1.33. The predicted octanol–water partition coefficient (Wildman–Crippen LogP) is 2.19. The Balaban J connectivity index is 2.24. The molecule has 0 atom stereocenters. The number of benzene rings is 1. The Hall–Kier alpha value is -2.50. The van der Waals surface area contributed by atoms with Crippen LogP contribution < -0.4 is 11.1 Å². The maximum absolute atomic E-state index is 13.3. The van der Waals surface area contributed by atoms with Crippen LogP contribution in [0.5, 0.6) is 0 Å². The number of nitrogen functional groups attached to an aromatic ring is 1. The molecule has 0 aliphatic heterocycles. The molecule has 0 aliphatic rings. The number of carbonyl (C=O) groups excluding carboxylic acids is 1. The van der Waals surface area contributed by atoms with E-state index in [4.69, 9.17) is 5.73 Å². The number of pyridine rings is 1. The Morgan fingerprint density at radius 2 is 1.83 bits per heavy atom. The van der Waals surface area contributed by atoms with Crippen LogP contribution in [-0.2, 0) is 0 Å². The highest BCUT2D eigenvalue weighted by atomic mass is 19.1. The van der Waals surface area contributed by atoms with Gasteiger partial charge in [-0.25, -0.2) is 13.8 Å². The summed E-state index contributed by atoms with van der Waals surface area (Å²) >= 11 is 0. The Labute approximate surface area is 101 Å². The normalized spacial score (nSPS) is 10.1. The topological polar surface area (TPSA) is 68.0 Å². The first-order chi connectivity index (χ1) is 8.58. The first kappa shape index (κ1) is 12.0. The Morgan fingerprint density at radius 1 is 1.17 bits per heavy atom. The second-order valence-electron chi connectivity index (χ2n) is 3.53. The molecule has 92 valence electrons. The van der Waals surface area contributed by atoms with Crippen molar-refractivity contribution in [1.82, 2.24) is 4.98 Å². The van der Waals surface area contributed by atoms with Gasteiger partial charge in [-0.2, -0.15) is 0 Å². The average molecular weight is 249 g/mol. The first-order valence-corrected chi connectivity index (χ1v) is 5.05. The van der Waals surface area contributed by atoms with Crippen LogP contribution in [0, 0.1) is 11.6 Å². The van der Waals surface area contributed by atoms with Crippen LogP contribution in [0.15, 0.2) is 36.5 Å². The molecule has 2 aromatic rings. The van der Waals surface area contributed by atoms with Gasteiger partial charge in [0.15, 0.2) is 0 Å². The zero-order valence-electron chi connectivity index (χ0n) is 9.15. The molecule has 2 rings (SSSR count). The van der Waals surface area contributed by atoms with Gasteiger partial charge >= 0.3 is 0 Å². The van der Waals surface area contributed by atoms with E-state index in [0.717, 1.165) is 12.1 Å². The van der Waals surface area contributed by atoms with Crippen molar-refractivity contribution in [2.24, 2.45) is 0 Å². The first-order valence-electron chi connectivity index (χ1n) is 5.05. The van der Waals surface area contributed by atoms with E-state index in [-0.39, 0.29) is 5.69 Å². The van der Waals surface area contributed by atoms with Gasteiger partial charge in [0, 0.05) is 0 Å². The minimum Gasteiger partial charge on any atom is -0.397 e. The molecule has 1 aromatic carbocycles. The molecule has 1 amide bonds. The number of amides is 1. The number of rotatable bonds is 2. The van der Waals surface area contributed by atoms with Crippen LogP contribution in [0.2, 0.25) is 0 Å². The van der Waals surface area contributed by atoms with Gasteiger partial charge in [-0.3, -0.25) is 4.79 Å². The standard InChI is InChI=1S/C12H9F2N3O/c13-8-2-1-3-9(14)11(8)17-12(18)10-5-4-7(15)6-16-10/h1-6H,15H2,(H,17,18). The van der Waals surface area contributed by atoms with Crippen molar-refractivity contribution in [2.75, 3.05) is 11.1 Å². The van der Waals surface area contributed by atoms with E-state index in [9.17, 15) is 13.6 Å². The molecule has 18 heavy (non-hydrogen) atoms. The lowest BCUT2D eigenvalue weighted by Crippen LogP contribution is -2.15. The monoisotopic (exact) mass is 249 g/mol. The molecule has 0 bridgehead atoms. The van der Waals surface area contributed by atoms with Gasteiger partial charge in [-0.15, -0.1) is 0 Å². The van der Waals surface area contributed by atoms with Crippen molar-refractivity contribution in [3.8, 4) is 0 Å². The highest BCUT2D eigenvalue weighted by Crippen LogP contribution is 2.18. The molecule has 4 nitrogen and oxygen atoms in total. The number of aromatic nitrogens is 1. The van der Waals surface area contributed by atoms with Crippen LogP contribution in [0.3, 0.4) is 0 Å². The fraction of sp³-hybridized carbons (Fsp3) is 0. The van der Waals surface area contributed by atoms with Gasteiger partial charge in [0.2, 0.25) is 0 Å². The lowest BCUT2D eigenvalue weighted by molar-refractivity contribution is 0.102. The number of nitrogens with one attached hydrogen (secondary N) is 1. The van der Waals surface area contributed by atoms with Crippen molar-refractivity contribution in [3.05, 3.63) is 53.9 Å². The number of nitrogens with two attached hydrogens (primary N) is 1. The summed E-state index contributed by atoms with van der Waals surface area (Å²) in [4.78, 5) is 15.4. The van der Waals surface area contributed by atoms with E-state index < -0.39 is 23.2 Å². The highest BCUT2D eigenvalue weighted by molar-refractivity contribution is 6.03. The number of para-hydroxylation sites is 1. The summed E-state index contributed by atoms with van der Waals surface area (Å²) in [5.74, 6) is -2.41. The molecule has 0 fully saturated rings. The number of halogens is 2. The summed E-state index contributed by atoms with van der Waals surface area (Å²) in [6.07, 6.45) is 1.28. The Bertz CT molecular complexity index is 564. The van der Waals surface area contributed by atoms with Crippen LogP contribution in [0.25, 0.3) is 0 Å². The van der Waals surface area contributed by atoms with E-state index >= 15 is 0 Å². The molecule has 0 saturated heterocycles. The summed E-state index contributed by atoms with van der Waals surface area (Å²) in [6, 6.07) is 6.15. The van der Waals surface area contributed by atoms with Crippen LogP contribution in [0.1, 0.15) is 10.5 Å². The van der Waals surface area contributed by atoms with Gasteiger partial charge in [0.1, 0.15) is 23.0 Å². The van der Waals surface area contributed by atoms with Gasteiger partial charge in [0.25, 0.3) is 5.91 Å². The third-order valence-corrected chi connectivity index (χ3v) is 2.22. The maximum Gasteiger partial charge on any atom is 0.274 e. The summed E-state index contributed by atoms with van der Waals surface area (Å²) in [7, 11) is 0. The fourth-order valence-corrected chi connectivity index (χ4v) is 1.33. The maximum atomic E-state index is 13.3. The van der Waals surface area contributed by atoms with Crippen molar-refractivity contribution in [3.63, 3.8) is 0 Å². The summed E-state index contributed by atoms with van der Waals surface area (Å²) in [5.41, 5.74) is 5.33. The number of carbonyl (C=O) groups is 1. The molecule has 6 heteroatoms. The van der Waals surface area contributed by atoms with Crippen LogP contribution in [-0.4, -0.2) is 10.9 Å². The van der Waals surface area contributed by atoms with Crippen LogP contribution in [0.4, 0.5) is 20.2 Å². The summed E-state index contributed by atoms with van der Waals surface area (Å²) in [5, 5.41) is 2.12. The number of hydrogen-bond donors (Lipinski definition) is 2. The minimum atomic E-state index is -0.848. The van der Waals surface area contributed by atoms with E-state index in [1.807, 2.05) is 0 Å². The van der Waals surface area contributed by atoms with Crippen molar-refractivity contribution >= 4 is 17.3 Å². The molecule has 1 heterocycles. The molecule has 0 spiro atoms. The zero-order chi connectivity index (χ0) is 13.1. The second kappa shape index (κ2) is 4.79. The van der Waals surface area contributed by atoms with Crippen molar-refractivity contribution in [2.45, 2.75) is 0 Å². The third-order valence-electron chi connectivity index (χ3n) is 2.22. The summed E-state index contributed by atoms with van der Waals surface area (Å²) < 4.78 is 26.6. The largest absolute Gasteiger partial charge is 0.397 e. The minimum absolute atomic E-state index is 0.0202. The lowest BCUT2D eigenvalue weighted by atomic mass is 10.2. The SMILES string of the molecule is Nc1ccc(C(=O)Nc2c(F)cccc2F)nc1. The Morgan fingerprint density at radius 3 is 2.39 bits per heavy atom. The molecule has 0 unspecified atom stereocenters. The number of hydrogen-bond acceptors (Lipinski definition) is 3. The van der Waals surface area contributed by atoms with Crippen LogP contribution >= 0.6 is 0 Å². The molecular formula is C12H9F2N3O. The summed E-state index contributed by atoms with van der Waals surface area (Å²) in [6.45, 7) is 0. The quantitative estimate of drug-likeness (QED) is 0.857. The van der Waals surface area contributed by atoms with E-state index in [2.05, 4.69) is 10.3 Å². The second-order valence-corrected chi connectivity index (χ2v) is 3.53. The molecule has 0 aliphatic carbocycles. The van der Waals surface area contributed by atoms with E-state index in [1.54, 1.807) is 0 Å². The average Bonchev–Trinajstić information content (AvgIpc) is 2.34. The Kier molecular flexibility index (Phi) is 3.18. The third kappa shape index (κ3) is 2.42. The molecule has 1 aromatic heterocycles. The van der Waals surface area contributed by atoms with Gasteiger partial charge in [-0.05, 0) is 24.3 Å². The number of nitrogens with zero attached hydrogens (tertiary/aromatic N) is 1. The van der Waals surface area contributed by atoms with Gasteiger partial charge in [0.05, 0.1) is 11.9 Å². The smallest absolute Gasteiger partial charge is 0.274 e. The molecule has 0 radical (unpaired) electrons. The molecule has 3 N–H and O–H groups in total. The predicted molar refractivity (Wildman–Crippen MR) is 63.0 cm³/mol. The van der Waals surface area contributed by atoms with Gasteiger partial charge < -0.3 is 11.1 Å². The lowest BCUT2D eigenvalue weighted by Gasteiger charge is -2.06. The highest BCUT2D eigenvalue weighted by Gasteiger charge is 2.13. The van der Waals surface area contributed by atoms with Crippen molar-refractivity contribution < 1.29 is 13.6 Å².